The van der Waals surface area contributed by atoms with E-state index in [-0.39, 0.29) is 4.75 Å². The van der Waals surface area contributed by atoms with Crippen molar-refractivity contribution in [2.24, 2.45) is 0 Å². The Kier molecular flexibility index (Phi) is 5.26. The molecule has 0 aliphatic heterocycles. The van der Waals surface area contributed by atoms with E-state index in [9.17, 15) is 4.79 Å². The lowest BCUT2D eigenvalue weighted by Crippen LogP contribution is -2.18. The Balaban J connectivity index is 3.80. The first-order valence-corrected chi connectivity index (χ1v) is 6.31. The van der Waals surface area contributed by atoms with Gasteiger partial charge >= 0.3 is 0 Å². The molecule has 66 valence electrons. The Morgan fingerprint density at radius 3 is 2.36 bits per heavy atom. The lowest BCUT2D eigenvalue weighted by atomic mass is 10.1. The third kappa shape index (κ3) is 5.62. The molecule has 0 spiro atoms. The van der Waals surface area contributed by atoms with E-state index in [2.05, 4.69) is 13.8 Å². The van der Waals surface area contributed by atoms with Crippen molar-refractivity contribution in [3.8, 4) is 0 Å². The van der Waals surface area contributed by atoms with E-state index in [1.807, 2.05) is 13.2 Å². The molecule has 0 aromatic heterocycles. The Hall–Kier alpha value is 0.370. The fraction of sp³-hybridized carbons (Fsp3) is 0.875. The van der Waals surface area contributed by atoms with Crippen LogP contribution in [0.2, 0.25) is 0 Å². The first kappa shape index (κ1) is 11.4. The predicted octanol–water partition coefficient (Wildman–Crippen LogP) is 3.15. The molecule has 0 radical (unpaired) electrons. The van der Waals surface area contributed by atoms with Crippen molar-refractivity contribution in [1.82, 2.24) is 0 Å². The van der Waals surface area contributed by atoms with Crippen molar-refractivity contribution in [3.63, 3.8) is 0 Å². The topological polar surface area (TPSA) is 17.1 Å². The summed E-state index contributed by atoms with van der Waals surface area (Å²) in [5.41, 5.74) is 0. The highest BCUT2D eigenvalue weighted by Crippen LogP contribution is 2.36. The van der Waals surface area contributed by atoms with Crippen LogP contribution in [0.15, 0.2) is 0 Å². The van der Waals surface area contributed by atoms with Gasteiger partial charge in [0.05, 0.1) is 0 Å². The van der Waals surface area contributed by atoms with Crippen LogP contribution in [0.4, 0.5) is 0 Å². The minimum Gasteiger partial charge on any atom is -0.300 e. The Bertz CT molecular complexity index is 132. The van der Waals surface area contributed by atoms with E-state index in [1.54, 1.807) is 21.6 Å². The molecule has 0 aliphatic carbocycles. The minimum atomic E-state index is 0.104. The van der Waals surface area contributed by atoms with Crippen molar-refractivity contribution in [1.29, 1.82) is 0 Å². The summed E-state index contributed by atoms with van der Waals surface area (Å²) in [5, 5.41) is 0. The van der Waals surface area contributed by atoms with Gasteiger partial charge < -0.3 is 0 Å². The van der Waals surface area contributed by atoms with E-state index in [4.69, 9.17) is 0 Å². The average Bonchev–Trinajstić information content (AvgIpc) is 1.86. The SMILES string of the molecule is CCC(=O)CC(C)(C)SSC. The van der Waals surface area contributed by atoms with Gasteiger partial charge in [0, 0.05) is 17.6 Å². The number of ketones is 1. The monoisotopic (exact) mass is 192 g/mol. The Morgan fingerprint density at radius 2 is 2.00 bits per heavy atom. The molecule has 1 nitrogen and oxygen atoms in total. The second-order valence-corrected chi connectivity index (χ2v) is 6.18. The summed E-state index contributed by atoms with van der Waals surface area (Å²) in [6.45, 7) is 6.14. The summed E-state index contributed by atoms with van der Waals surface area (Å²) in [4.78, 5) is 11.1. The van der Waals surface area contributed by atoms with E-state index in [1.165, 1.54) is 0 Å². The van der Waals surface area contributed by atoms with E-state index in [0.29, 0.717) is 18.6 Å². The summed E-state index contributed by atoms with van der Waals surface area (Å²) in [7, 11) is 3.50. The highest BCUT2D eigenvalue weighted by atomic mass is 33.1. The van der Waals surface area contributed by atoms with E-state index < -0.39 is 0 Å². The quantitative estimate of drug-likeness (QED) is 0.623. The number of hydrogen-bond acceptors (Lipinski definition) is 3. The summed E-state index contributed by atoms with van der Waals surface area (Å²) in [6, 6.07) is 0. The summed E-state index contributed by atoms with van der Waals surface area (Å²) >= 11 is 0. The smallest absolute Gasteiger partial charge is 0.134 e. The lowest BCUT2D eigenvalue weighted by molar-refractivity contribution is -0.119. The second kappa shape index (κ2) is 5.09. The number of rotatable bonds is 5. The third-order valence-corrected chi connectivity index (χ3v) is 3.94. The molecular formula is C8H16OS2. The predicted molar refractivity (Wildman–Crippen MR) is 55.1 cm³/mol. The molecule has 0 aliphatic rings. The highest BCUT2D eigenvalue weighted by molar-refractivity contribution is 8.76. The normalized spacial score (nSPS) is 11.6. The largest absolute Gasteiger partial charge is 0.300 e. The van der Waals surface area contributed by atoms with Gasteiger partial charge in [-0.15, -0.1) is 0 Å². The fourth-order valence-electron chi connectivity index (χ4n) is 0.855. The van der Waals surface area contributed by atoms with Gasteiger partial charge in [-0.3, -0.25) is 4.79 Å². The first-order chi connectivity index (χ1) is 5.02. The van der Waals surface area contributed by atoms with Crippen molar-refractivity contribution in [2.45, 2.75) is 38.4 Å². The highest BCUT2D eigenvalue weighted by Gasteiger charge is 2.21. The fourth-order valence-corrected chi connectivity index (χ4v) is 3.06. The van der Waals surface area contributed by atoms with Crippen LogP contribution in [0.3, 0.4) is 0 Å². The van der Waals surface area contributed by atoms with Crippen LogP contribution in [0.25, 0.3) is 0 Å². The van der Waals surface area contributed by atoms with E-state index in [0.717, 1.165) is 0 Å². The zero-order chi connectivity index (χ0) is 8.91. The van der Waals surface area contributed by atoms with Gasteiger partial charge in [0.25, 0.3) is 0 Å². The Morgan fingerprint density at radius 1 is 1.45 bits per heavy atom. The maximum Gasteiger partial charge on any atom is 0.134 e. The standard InChI is InChI=1S/C8H16OS2/c1-5-7(9)6-8(2,3)11-10-4/h5-6H2,1-4H3. The maximum atomic E-state index is 11.1. The molecule has 0 rings (SSSR count). The van der Waals surface area contributed by atoms with Crippen LogP contribution in [-0.4, -0.2) is 16.8 Å². The van der Waals surface area contributed by atoms with Crippen LogP contribution in [-0.2, 0) is 4.79 Å². The van der Waals surface area contributed by atoms with E-state index >= 15 is 0 Å². The van der Waals surface area contributed by atoms with Crippen molar-refractivity contribution in [3.05, 3.63) is 0 Å². The summed E-state index contributed by atoms with van der Waals surface area (Å²) in [5.74, 6) is 0.358. The Labute approximate surface area is 77.1 Å². The molecule has 0 fully saturated rings. The zero-order valence-corrected chi connectivity index (χ0v) is 9.27. The summed E-state index contributed by atoms with van der Waals surface area (Å²) < 4.78 is 0.104. The molecular weight excluding hydrogens is 176 g/mol. The minimum absolute atomic E-state index is 0.104. The zero-order valence-electron chi connectivity index (χ0n) is 7.64. The van der Waals surface area contributed by atoms with Crippen LogP contribution in [0.1, 0.15) is 33.6 Å². The molecule has 0 aromatic carbocycles. The van der Waals surface area contributed by atoms with Gasteiger partial charge in [-0.05, 0) is 20.1 Å². The number of hydrogen-bond donors (Lipinski definition) is 0. The van der Waals surface area contributed by atoms with Gasteiger partial charge in [0.15, 0.2) is 0 Å². The van der Waals surface area contributed by atoms with Gasteiger partial charge in [0.1, 0.15) is 5.78 Å². The molecule has 0 unspecified atom stereocenters. The van der Waals surface area contributed by atoms with Gasteiger partial charge in [-0.25, -0.2) is 0 Å². The molecule has 0 saturated carbocycles. The second-order valence-electron chi connectivity index (χ2n) is 3.08. The maximum absolute atomic E-state index is 11.1. The van der Waals surface area contributed by atoms with Crippen LogP contribution in [0, 0.1) is 0 Å². The van der Waals surface area contributed by atoms with Gasteiger partial charge in [-0.2, -0.15) is 0 Å². The van der Waals surface area contributed by atoms with Crippen LogP contribution < -0.4 is 0 Å². The number of carbonyl (C=O) groups is 1. The van der Waals surface area contributed by atoms with Crippen LogP contribution in [0.5, 0.6) is 0 Å². The third-order valence-electron chi connectivity index (χ3n) is 1.33. The lowest BCUT2D eigenvalue weighted by Gasteiger charge is -2.20. The molecule has 0 bridgehead atoms. The van der Waals surface area contributed by atoms with Crippen LogP contribution >= 0.6 is 21.6 Å². The van der Waals surface area contributed by atoms with Crippen molar-refractivity contribution in [2.75, 3.05) is 6.26 Å². The molecule has 0 amide bonds. The van der Waals surface area contributed by atoms with Gasteiger partial charge in [0.2, 0.25) is 0 Å². The molecule has 11 heavy (non-hydrogen) atoms. The van der Waals surface area contributed by atoms with Gasteiger partial charge in [-0.1, -0.05) is 28.5 Å². The molecule has 0 N–H and O–H groups in total. The van der Waals surface area contributed by atoms with Crippen molar-refractivity contribution >= 4 is 27.4 Å². The molecule has 3 heteroatoms. The number of Topliss-reactive ketones (excluding diaryl/α,β-unsaturated/α-hetero) is 1. The molecule has 0 saturated heterocycles. The van der Waals surface area contributed by atoms with Crippen molar-refractivity contribution < 1.29 is 4.79 Å². The summed E-state index contributed by atoms with van der Waals surface area (Å²) in [6.07, 6.45) is 3.40. The average molecular weight is 192 g/mol. The first-order valence-electron chi connectivity index (χ1n) is 3.75. The molecule has 0 heterocycles. The number of carbonyl (C=O) groups excluding carboxylic acids is 1. The molecule has 0 aromatic rings. The molecule has 0 atom stereocenters.